The normalized spacial score (nSPS) is 11.2. The molecule has 0 saturated heterocycles. The third-order valence-electron chi connectivity index (χ3n) is 6.59. The monoisotopic (exact) mass is 545 g/mol. The summed E-state index contributed by atoms with van der Waals surface area (Å²) >= 11 is 0. The molecule has 0 bridgehead atoms. The highest BCUT2D eigenvalue weighted by molar-refractivity contribution is 5.92. The smallest absolute Gasteiger partial charge is 0.335 e. The van der Waals surface area contributed by atoms with Gasteiger partial charge in [-0.15, -0.1) is 0 Å². The van der Waals surface area contributed by atoms with Gasteiger partial charge in [0, 0.05) is 30.2 Å². The van der Waals surface area contributed by atoms with Crippen LogP contribution in [0.25, 0.3) is 22.3 Å². The number of benzene rings is 3. The average Bonchev–Trinajstić information content (AvgIpc) is 3.26. The second-order valence-electron chi connectivity index (χ2n) is 9.53. The first kappa shape index (κ1) is 26.9. The molecule has 40 heavy (non-hydrogen) atoms. The molecule has 0 aliphatic rings. The van der Waals surface area contributed by atoms with Crippen LogP contribution in [-0.2, 0) is 19.6 Å². The van der Waals surface area contributed by atoms with Gasteiger partial charge in [-0.05, 0) is 66.9 Å². The van der Waals surface area contributed by atoms with Crippen molar-refractivity contribution in [1.29, 1.82) is 0 Å². The molecule has 0 fully saturated rings. The summed E-state index contributed by atoms with van der Waals surface area (Å²) in [6, 6.07) is 16.3. The number of nitrogens with zero attached hydrogens (tertiary/aromatic N) is 3. The number of carbonyl (C=O) groups is 1. The van der Waals surface area contributed by atoms with Gasteiger partial charge in [-0.2, -0.15) is 0 Å². The van der Waals surface area contributed by atoms with Gasteiger partial charge in [0.2, 0.25) is 5.88 Å². The first-order valence-electron chi connectivity index (χ1n) is 12.8. The van der Waals surface area contributed by atoms with Gasteiger partial charge >= 0.3 is 5.97 Å². The maximum atomic E-state index is 15.3. The summed E-state index contributed by atoms with van der Waals surface area (Å²) in [5.41, 5.74) is 2.71. The van der Waals surface area contributed by atoms with E-state index in [0.29, 0.717) is 29.0 Å². The highest BCUT2D eigenvalue weighted by Crippen LogP contribution is 2.28. The number of pyridine rings is 1. The van der Waals surface area contributed by atoms with Crippen molar-refractivity contribution in [3.63, 3.8) is 0 Å². The number of carboxylic acid groups (broad SMARTS) is 1. The topological polar surface area (TPSA) is 77.2 Å². The van der Waals surface area contributed by atoms with E-state index in [2.05, 4.69) is 9.97 Å². The van der Waals surface area contributed by atoms with Gasteiger partial charge in [0.25, 0.3) is 0 Å². The van der Waals surface area contributed by atoms with Crippen LogP contribution in [0.1, 0.15) is 46.2 Å². The molecule has 5 rings (SSSR count). The number of fused-ring (bicyclic) bond motifs is 1. The van der Waals surface area contributed by atoms with Crippen LogP contribution >= 0.6 is 0 Å². The molecule has 0 aliphatic heterocycles. The maximum Gasteiger partial charge on any atom is 0.335 e. The standard InChI is InChI=1S/C31H26F3N3O3/c1-3-11-37-28-14-19(31(38)39)9-10-27(28)35-29(37)15-21-13-25(34)22(16-24(21)33)26-5-4-6-30(36-26)40-17-20-8-7-18(2)12-23(20)32/h4-10,12-14,16H,3,11,15,17H2,1-2H3,(H,38,39). The fourth-order valence-corrected chi connectivity index (χ4v) is 4.57. The zero-order chi connectivity index (χ0) is 28.4. The molecule has 2 heterocycles. The highest BCUT2D eigenvalue weighted by atomic mass is 19.1. The third kappa shape index (κ3) is 5.54. The van der Waals surface area contributed by atoms with Gasteiger partial charge in [-0.25, -0.2) is 27.9 Å². The number of carboxylic acids is 1. The molecule has 0 aliphatic carbocycles. The van der Waals surface area contributed by atoms with Crippen molar-refractivity contribution in [3.8, 4) is 17.1 Å². The Labute approximate surface area is 228 Å². The minimum Gasteiger partial charge on any atom is -0.478 e. The van der Waals surface area contributed by atoms with Crippen molar-refractivity contribution in [1.82, 2.24) is 14.5 Å². The van der Waals surface area contributed by atoms with E-state index in [-0.39, 0.29) is 41.3 Å². The number of hydrogen-bond donors (Lipinski definition) is 1. The first-order valence-corrected chi connectivity index (χ1v) is 12.8. The molecule has 0 saturated carbocycles. The van der Waals surface area contributed by atoms with Crippen LogP contribution in [0, 0.1) is 24.4 Å². The predicted octanol–water partition coefficient (Wildman–Crippen LogP) is 7.10. The number of aromatic nitrogens is 3. The van der Waals surface area contributed by atoms with Gasteiger partial charge in [0.15, 0.2) is 0 Å². The van der Waals surface area contributed by atoms with Gasteiger partial charge < -0.3 is 14.4 Å². The fourth-order valence-electron chi connectivity index (χ4n) is 4.57. The quantitative estimate of drug-likeness (QED) is 0.214. The summed E-state index contributed by atoms with van der Waals surface area (Å²) < 4.78 is 52.2. The summed E-state index contributed by atoms with van der Waals surface area (Å²) in [6.45, 7) is 4.23. The Bertz CT molecular complexity index is 1730. The van der Waals surface area contributed by atoms with E-state index < -0.39 is 23.4 Å². The van der Waals surface area contributed by atoms with E-state index in [4.69, 9.17) is 4.74 Å². The zero-order valence-electron chi connectivity index (χ0n) is 21.9. The van der Waals surface area contributed by atoms with E-state index >= 15 is 8.78 Å². The van der Waals surface area contributed by atoms with E-state index in [1.54, 1.807) is 37.3 Å². The van der Waals surface area contributed by atoms with Crippen molar-refractivity contribution in [3.05, 3.63) is 112 Å². The first-order chi connectivity index (χ1) is 19.2. The molecular weight excluding hydrogens is 519 g/mol. The Kier molecular flexibility index (Phi) is 7.55. The molecule has 0 radical (unpaired) electrons. The average molecular weight is 546 g/mol. The second kappa shape index (κ2) is 11.2. The number of ether oxygens (including phenoxy) is 1. The Hall–Kier alpha value is -4.66. The Balaban J connectivity index is 1.41. The van der Waals surface area contributed by atoms with E-state index in [1.807, 2.05) is 11.5 Å². The fraction of sp³-hybridized carbons (Fsp3) is 0.194. The lowest BCUT2D eigenvalue weighted by atomic mass is 10.0. The van der Waals surface area contributed by atoms with Crippen LogP contribution in [0.4, 0.5) is 13.2 Å². The number of rotatable bonds is 9. The molecule has 5 aromatic rings. The molecule has 204 valence electrons. The summed E-state index contributed by atoms with van der Waals surface area (Å²) in [5, 5.41) is 9.36. The lowest BCUT2D eigenvalue weighted by Gasteiger charge is -2.12. The lowest BCUT2D eigenvalue weighted by Crippen LogP contribution is -2.06. The van der Waals surface area contributed by atoms with Gasteiger partial charge in [0.05, 0.1) is 22.3 Å². The Morgan fingerprint density at radius 1 is 0.925 bits per heavy atom. The van der Waals surface area contributed by atoms with Crippen LogP contribution in [0.5, 0.6) is 5.88 Å². The molecule has 0 unspecified atom stereocenters. The Morgan fingerprint density at radius 3 is 2.48 bits per heavy atom. The minimum absolute atomic E-state index is 0.0127. The van der Waals surface area contributed by atoms with Crippen LogP contribution in [0.2, 0.25) is 0 Å². The van der Waals surface area contributed by atoms with Crippen molar-refractivity contribution in [2.45, 2.75) is 39.8 Å². The van der Waals surface area contributed by atoms with Crippen LogP contribution in [-0.4, -0.2) is 25.6 Å². The van der Waals surface area contributed by atoms with Gasteiger partial charge in [-0.1, -0.05) is 25.1 Å². The number of aromatic carboxylic acids is 1. The molecule has 6 nitrogen and oxygen atoms in total. The highest BCUT2D eigenvalue weighted by Gasteiger charge is 2.18. The molecule has 0 spiro atoms. The SMILES string of the molecule is CCCn1c(Cc2cc(F)c(-c3cccc(OCc4ccc(C)cc4F)n3)cc2F)nc2ccc(C(=O)O)cc21. The van der Waals surface area contributed by atoms with E-state index in [1.165, 1.54) is 24.3 Å². The molecule has 3 aromatic carbocycles. The van der Waals surface area contributed by atoms with Crippen LogP contribution in [0.3, 0.4) is 0 Å². The summed E-state index contributed by atoms with van der Waals surface area (Å²) in [5.74, 6) is -2.10. The lowest BCUT2D eigenvalue weighted by molar-refractivity contribution is 0.0697. The molecule has 1 N–H and O–H groups in total. The van der Waals surface area contributed by atoms with Crippen molar-refractivity contribution < 1.29 is 27.8 Å². The second-order valence-corrected chi connectivity index (χ2v) is 9.53. The Morgan fingerprint density at radius 2 is 1.73 bits per heavy atom. The largest absolute Gasteiger partial charge is 0.478 e. The molecule has 2 aromatic heterocycles. The summed E-state index contributed by atoms with van der Waals surface area (Å²) in [6.07, 6.45) is 0.755. The van der Waals surface area contributed by atoms with E-state index in [0.717, 1.165) is 24.1 Å². The van der Waals surface area contributed by atoms with Crippen LogP contribution in [0.15, 0.2) is 66.7 Å². The third-order valence-corrected chi connectivity index (χ3v) is 6.59. The molecule has 9 heteroatoms. The zero-order valence-corrected chi connectivity index (χ0v) is 21.9. The number of hydrogen-bond acceptors (Lipinski definition) is 4. The molecule has 0 amide bonds. The van der Waals surface area contributed by atoms with Crippen molar-refractivity contribution >= 4 is 17.0 Å². The van der Waals surface area contributed by atoms with Gasteiger partial charge in [0.1, 0.15) is 29.9 Å². The predicted molar refractivity (Wildman–Crippen MR) is 145 cm³/mol. The summed E-state index contributed by atoms with van der Waals surface area (Å²) in [7, 11) is 0. The van der Waals surface area contributed by atoms with Gasteiger partial charge in [-0.3, -0.25) is 0 Å². The van der Waals surface area contributed by atoms with Crippen molar-refractivity contribution in [2.24, 2.45) is 0 Å². The summed E-state index contributed by atoms with van der Waals surface area (Å²) in [4.78, 5) is 20.3. The van der Waals surface area contributed by atoms with Crippen LogP contribution < -0.4 is 4.74 Å². The molecule has 0 atom stereocenters. The number of aryl methyl sites for hydroxylation is 2. The number of halogens is 3. The van der Waals surface area contributed by atoms with Crippen molar-refractivity contribution in [2.75, 3.05) is 0 Å². The number of imidazole rings is 1. The van der Waals surface area contributed by atoms with E-state index in [9.17, 15) is 14.3 Å². The maximum absolute atomic E-state index is 15.3. The molecular formula is C31H26F3N3O3. The minimum atomic E-state index is -1.05.